The van der Waals surface area contributed by atoms with E-state index in [1.54, 1.807) is 12.4 Å². The number of carbonyl (C=O) groups is 1. The molecule has 2 aromatic rings. The van der Waals surface area contributed by atoms with Crippen molar-refractivity contribution in [1.29, 1.82) is 0 Å². The van der Waals surface area contributed by atoms with Gasteiger partial charge in [-0.1, -0.05) is 6.07 Å². The second-order valence-corrected chi connectivity index (χ2v) is 6.03. The zero-order chi connectivity index (χ0) is 16.1. The molecule has 1 aliphatic heterocycles. The molecule has 2 aromatic heterocycles. The topological polar surface area (TPSA) is 58.1 Å². The van der Waals surface area contributed by atoms with Gasteiger partial charge in [0.05, 0.1) is 0 Å². The molecule has 1 aliphatic rings. The Kier molecular flexibility index (Phi) is 4.86. The van der Waals surface area contributed by atoms with Crippen LogP contribution in [0.1, 0.15) is 24.0 Å². The van der Waals surface area contributed by atoms with E-state index in [9.17, 15) is 4.79 Å². The van der Waals surface area contributed by atoms with Crippen LogP contribution in [-0.4, -0.2) is 29.0 Å². The average Bonchev–Trinajstić information content (AvgIpc) is 2.61. The first-order chi connectivity index (χ1) is 11.2. The fourth-order valence-electron chi connectivity index (χ4n) is 2.90. The third kappa shape index (κ3) is 4.06. The fraction of sp³-hybridized carbons (Fsp3) is 0.389. The molecule has 0 spiro atoms. The molecule has 5 heteroatoms. The molecule has 0 atom stereocenters. The smallest absolute Gasteiger partial charge is 0.223 e. The predicted molar refractivity (Wildman–Crippen MR) is 90.0 cm³/mol. The number of piperidine rings is 1. The number of rotatable bonds is 4. The number of hydrogen-bond acceptors (Lipinski definition) is 4. The van der Waals surface area contributed by atoms with E-state index in [0.29, 0.717) is 6.54 Å². The number of pyridine rings is 2. The molecule has 0 aliphatic carbocycles. The Balaban J connectivity index is 1.49. The largest absolute Gasteiger partial charge is 0.357 e. The van der Waals surface area contributed by atoms with Crippen LogP contribution in [0.5, 0.6) is 0 Å². The van der Waals surface area contributed by atoms with Gasteiger partial charge in [-0.05, 0) is 49.1 Å². The van der Waals surface area contributed by atoms with E-state index in [4.69, 9.17) is 0 Å². The van der Waals surface area contributed by atoms with Crippen molar-refractivity contribution in [2.45, 2.75) is 26.3 Å². The lowest BCUT2D eigenvalue weighted by Gasteiger charge is -2.32. The molecule has 1 saturated heterocycles. The molecule has 23 heavy (non-hydrogen) atoms. The standard InChI is InChI=1S/C18H22N4O/c1-14-4-8-20-17(11-14)22-9-5-16(6-10-22)18(23)21-13-15-3-2-7-19-12-15/h2-4,7-8,11-12,16H,5-6,9-10,13H2,1H3,(H,21,23). The van der Waals surface area contributed by atoms with Crippen molar-refractivity contribution in [2.24, 2.45) is 5.92 Å². The molecule has 120 valence electrons. The van der Waals surface area contributed by atoms with Crippen molar-refractivity contribution in [2.75, 3.05) is 18.0 Å². The summed E-state index contributed by atoms with van der Waals surface area (Å²) >= 11 is 0. The lowest BCUT2D eigenvalue weighted by molar-refractivity contribution is -0.125. The highest BCUT2D eigenvalue weighted by Gasteiger charge is 2.25. The van der Waals surface area contributed by atoms with Crippen LogP contribution >= 0.6 is 0 Å². The Hall–Kier alpha value is -2.43. The molecule has 1 N–H and O–H groups in total. The maximum absolute atomic E-state index is 12.3. The fourth-order valence-corrected chi connectivity index (χ4v) is 2.90. The van der Waals surface area contributed by atoms with Crippen molar-refractivity contribution >= 4 is 11.7 Å². The number of amides is 1. The average molecular weight is 310 g/mol. The molecule has 3 rings (SSSR count). The monoisotopic (exact) mass is 310 g/mol. The summed E-state index contributed by atoms with van der Waals surface area (Å²) in [7, 11) is 0. The SMILES string of the molecule is Cc1ccnc(N2CCC(C(=O)NCc3cccnc3)CC2)c1. The lowest BCUT2D eigenvalue weighted by Crippen LogP contribution is -2.40. The second-order valence-electron chi connectivity index (χ2n) is 6.03. The Bertz CT molecular complexity index is 651. The van der Waals surface area contributed by atoms with Gasteiger partial charge in [-0.3, -0.25) is 9.78 Å². The minimum atomic E-state index is 0.0905. The third-order valence-electron chi connectivity index (χ3n) is 4.28. The molecule has 0 radical (unpaired) electrons. The first kappa shape index (κ1) is 15.5. The summed E-state index contributed by atoms with van der Waals surface area (Å²) in [5.74, 6) is 1.25. The van der Waals surface area contributed by atoms with Crippen molar-refractivity contribution in [1.82, 2.24) is 15.3 Å². The van der Waals surface area contributed by atoms with Gasteiger partial charge in [-0.15, -0.1) is 0 Å². The first-order valence-electron chi connectivity index (χ1n) is 8.06. The Morgan fingerprint density at radius 3 is 2.83 bits per heavy atom. The van der Waals surface area contributed by atoms with E-state index in [2.05, 4.69) is 33.2 Å². The summed E-state index contributed by atoms with van der Waals surface area (Å²) in [6.07, 6.45) is 7.10. The summed E-state index contributed by atoms with van der Waals surface area (Å²) in [6.45, 7) is 4.37. The maximum atomic E-state index is 12.3. The van der Waals surface area contributed by atoms with Gasteiger partial charge >= 0.3 is 0 Å². The number of anilines is 1. The van der Waals surface area contributed by atoms with Gasteiger partial charge in [-0.2, -0.15) is 0 Å². The summed E-state index contributed by atoms with van der Waals surface area (Å²) in [5.41, 5.74) is 2.24. The highest BCUT2D eigenvalue weighted by molar-refractivity contribution is 5.78. The minimum Gasteiger partial charge on any atom is -0.357 e. The van der Waals surface area contributed by atoms with Gasteiger partial charge in [0.2, 0.25) is 5.91 Å². The number of aromatic nitrogens is 2. The molecule has 0 bridgehead atoms. The molecule has 1 fully saturated rings. The van der Waals surface area contributed by atoms with Gasteiger partial charge in [0.25, 0.3) is 0 Å². The van der Waals surface area contributed by atoms with Crippen LogP contribution < -0.4 is 10.2 Å². The Labute approximate surface area is 136 Å². The van der Waals surface area contributed by atoms with Gasteiger partial charge < -0.3 is 10.2 Å². The van der Waals surface area contributed by atoms with Gasteiger partial charge in [0.15, 0.2) is 0 Å². The molecule has 1 amide bonds. The van der Waals surface area contributed by atoms with Crippen LogP contribution in [0.4, 0.5) is 5.82 Å². The molecule has 0 aromatic carbocycles. The normalized spacial score (nSPS) is 15.4. The van der Waals surface area contributed by atoms with Crippen molar-refractivity contribution in [3.05, 3.63) is 54.0 Å². The molecule has 0 saturated carbocycles. The van der Waals surface area contributed by atoms with E-state index in [1.165, 1.54) is 5.56 Å². The van der Waals surface area contributed by atoms with Crippen molar-refractivity contribution < 1.29 is 4.79 Å². The molecule has 5 nitrogen and oxygen atoms in total. The zero-order valence-corrected chi connectivity index (χ0v) is 13.4. The minimum absolute atomic E-state index is 0.0905. The quantitative estimate of drug-likeness (QED) is 0.941. The Morgan fingerprint density at radius 1 is 1.30 bits per heavy atom. The number of carbonyl (C=O) groups excluding carboxylic acids is 1. The van der Waals surface area contributed by atoms with E-state index in [1.807, 2.05) is 24.4 Å². The summed E-state index contributed by atoms with van der Waals surface area (Å²) in [6, 6.07) is 7.96. The van der Waals surface area contributed by atoms with Crippen molar-refractivity contribution in [3.8, 4) is 0 Å². The summed E-state index contributed by atoms with van der Waals surface area (Å²) in [4.78, 5) is 23.1. The molecule has 0 unspecified atom stereocenters. The maximum Gasteiger partial charge on any atom is 0.223 e. The van der Waals surface area contributed by atoms with Crippen LogP contribution in [0.25, 0.3) is 0 Å². The number of nitrogens with zero attached hydrogens (tertiary/aromatic N) is 3. The van der Waals surface area contributed by atoms with Crippen LogP contribution in [0.3, 0.4) is 0 Å². The number of hydrogen-bond donors (Lipinski definition) is 1. The number of aryl methyl sites for hydroxylation is 1. The van der Waals surface area contributed by atoms with Gasteiger partial charge in [0.1, 0.15) is 5.82 Å². The first-order valence-corrected chi connectivity index (χ1v) is 8.06. The molecular formula is C18H22N4O. The number of nitrogens with one attached hydrogen (secondary N) is 1. The Morgan fingerprint density at radius 2 is 2.13 bits per heavy atom. The van der Waals surface area contributed by atoms with Crippen molar-refractivity contribution in [3.63, 3.8) is 0 Å². The van der Waals surface area contributed by atoms with E-state index in [0.717, 1.165) is 37.3 Å². The van der Waals surface area contributed by atoms with E-state index in [-0.39, 0.29) is 11.8 Å². The summed E-state index contributed by atoms with van der Waals surface area (Å²) < 4.78 is 0. The zero-order valence-electron chi connectivity index (χ0n) is 13.4. The third-order valence-corrected chi connectivity index (χ3v) is 4.28. The predicted octanol–water partition coefficient (Wildman–Crippen LogP) is 2.32. The van der Waals surface area contributed by atoms with Crippen LogP contribution in [0, 0.1) is 12.8 Å². The van der Waals surface area contributed by atoms with Gasteiger partial charge in [0, 0.05) is 44.1 Å². The van der Waals surface area contributed by atoms with E-state index < -0.39 is 0 Å². The van der Waals surface area contributed by atoms with E-state index >= 15 is 0 Å². The van der Waals surface area contributed by atoms with Crippen LogP contribution in [0.15, 0.2) is 42.9 Å². The molecule has 3 heterocycles. The molecular weight excluding hydrogens is 288 g/mol. The highest BCUT2D eigenvalue weighted by Crippen LogP contribution is 2.22. The lowest BCUT2D eigenvalue weighted by atomic mass is 9.95. The second kappa shape index (κ2) is 7.22. The highest BCUT2D eigenvalue weighted by atomic mass is 16.1. The van der Waals surface area contributed by atoms with Gasteiger partial charge in [-0.25, -0.2) is 4.98 Å². The van der Waals surface area contributed by atoms with Crippen LogP contribution in [0.2, 0.25) is 0 Å². The van der Waals surface area contributed by atoms with Crippen LogP contribution in [-0.2, 0) is 11.3 Å². The summed E-state index contributed by atoms with van der Waals surface area (Å²) in [5, 5.41) is 3.02.